The molecule has 1 fully saturated rings. The van der Waals surface area contributed by atoms with Crippen LogP contribution in [0.5, 0.6) is 0 Å². The number of aromatic nitrogens is 2. The zero-order valence-electron chi connectivity index (χ0n) is 15.5. The Morgan fingerprint density at radius 1 is 1.18 bits per heavy atom. The van der Waals surface area contributed by atoms with Gasteiger partial charge in [0.1, 0.15) is 5.82 Å². The fourth-order valence-electron chi connectivity index (χ4n) is 3.69. The van der Waals surface area contributed by atoms with Crippen LogP contribution in [0.15, 0.2) is 67.1 Å². The van der Waals surface area contributed by atoms with E-state index in [4.69, 9.17) is 0 Å². The molecule has 0 saturated carbocycles. The number of halogens is 1. The summed E-state index contributed by atoms with van der Waals surface area (Å²) in [5, 5.41) is 6.54. The number of hydrogen-bond acceptors (Lipinski definition) is 3. The van der Waals surface area contributed by atoms with E-state index < -0.39 is 0 Å². The van der Waals surface area contributed by atoms with Crippen molar-refractivity contribution in [3.8, 4) is 0 Å². The molecular formula is C22H23FN4O. The normalized spacial score (nSPS) is 19.4. The molecular weight excluding hydrogens is 355 g/mol. The Morgan fingerprint density at radius 3 is 2.86 bits per heavy atom. The van der Waals surface area contributed by atoms with Gasteiger partial charge < -0.3 is 15.2 Å². The van der Waals surface area contributed by atoms with Gasteiger partial charge in [0.25, 0.3) is 0 Å². The number of hydrogen-bond donors (Lipinski definition) is 2. The Labute approximate surface area is 163 Å². The van der Waals surface area contributed by atoms with Crippen LogP contribution in [0, 0.1) is 5.82 Å². The number of imidazole rings is 1. The third-order valence-electron chi connectivity index (χ3n) is 5.15. The van der Waals surface area contributed by atoms with E-state index in [9.17, 15) is 9.18 Å². The smallest absolute Gasteiger partial charge is 0.220 e. The van der Waals surface area contributed by atoms with E-state index in [1.165, 1.54) is 17.7 Å². The molecule has 4 rings (SSSR count). The lowest BCUT2D eigenvalue weighted by molar-refractivity contribution is -0.123. The third kappa shape index (κ3) is 4.28. The molecule has 1 saturated heterocycles. The van der Waals surface area contributed by atoms with Crippen LogP contribution in [0.2, 0.25) is 0 Å². The lowest BCUT2D eigenvalue weighted by Crippen LogP contribution is -2.48. The Hall–Kier alpha value is -2.99. The summed E-state index contributed by atoms with van der Waals surface area (Å²) in [6.07, 6.45) is 4.86. The van der Waals surface area contributed by atoms with E-state index in [1.807, 2.05) is 36.8 Å². The number of amides is 1. The minimum absolute atomic E-state index is 0.00132. The Bertz CT molecular complexity index is 940. The summed E-state index contributed by atoms with van der Waals surface area (Å²) in [5.41, 5.74) is 3.06. The van der Waals surface area contributed by atoms with Gasteiger partial charge in [0.05, 0.1) is 18.1 Å². The second-order valence-electron chi connectivity index (χ2n) is 7.12. The van der Waals surface area contributed by atoms with Gasteiger partial charge in [-0.3, -0.25) is 4.79 Å². The van der Waals surface area contributed by atoms with Crippen molar-refractivity contribution in [3.63, 3.8) is 0 Å². The van der Waals surface area contributed by atoms with Crippen LogP contribution >= 0.6 is 0 Å². The van der Waals surface area contributed by atoms with Crippen LogP contribution in [0.25, 0.3) is 0 Å². The van der Waals surface area contributed by atoms with E-state index in [0.717, 1.165) is 17.8 Å². The van der Waals surface area contributed by atoms with Crippen molar-refractivity contribution in [2.45, 2.75) is 38.0 Å². The maximum atomic E-state index is 13.7. The van der Waals surface area contributed by atoms with E-state index in [0.29, 0.717) is 19.4 Å². The molecule has 1 aromatic heterocycles. The number of carbonyl (C=O) groups excluding carboxylic acids is 1. The van der Waals surface area contributed by atoms with Gasteiger partial charge in [-0.05, 0) is 29.7 Å². The molecule has 28 heavy (non-hydrogen) atoms. The average molecular weight is 378 g/mol. The summed E-state index contributed by atoms with van der Waals surface area (Å²) in [6, 6.07) is 16.5. The second-order valence-corrected chi connectivity index (χ2v) is 7.12. The monoisotopic (exact) mass is 378 g/mol. The molecule has 2 atom stereocenters. The first kappa shape index (κ1) is 18.4. The molecule has 2 N–H and O–H groups in total. The fraction of sp³-hybridized carbons (Fsp3) is 0.273. The van der Waals surface area contributed by atoms with Gasteiger partial charge in [0, 0.05) is 31.7 Å². The molecule has 2 heterocycles. The SMILES string of the molecule is O=C1CC[C@@H](NCc2cncn2Cc2ccccc2)[C@H](c2cccc(F)c2)N1. The molecule has 0 radical (unpaired) electrons. The third-order valence-corrected chi connectivity index (χ3v) is 5.15. The first-order valence-corrected chi connectivity index (χ1v) is 9.50. The molecule has 0 spiro atoms. The first-order valence-electron chi connectivity index (χ1n) is 9.50. The van der Waals surface area contributed by atoms with Gasteiger partial charge in [-0.15, -0.1) is 0 Å². The minimum atomic E-state index is -0.294. The summed E-state index contributed by atoms with van der Waals surface area (Å²) >= 11 is 0. The Morgan fingerprint density at radius 2 is 2.04 bits per heavy atom. The number of nitrogens with one attached hydrogen (secondary N) is 2. The van der Waals surface area contributed by atoms with Crippen molar-refractivity contribution >= 4 is 5.91 Å². The van der Waals surface area contributed by atoms with Gasteiger partial charge >= 0.3 is 0 Å². The van der Waals surface area contributed by atoms with Gasteiger partial charge in [-0.2, -0.15) is 0 Å². The maximum absolute atomic E-state index is 13.7. The number of benzene rings is 2. The first-order chi connectivity index (χ1) is 13.7. The average Bonchev–Trinajstić information content (AvgIpc) is 3.15. The molecule has 2 aromatic carbocycles. The van der Waals surface area contributed by atoms with Gasteiger partial charge in [-0.1, -0.05) is 42.5 Å². The molecule has 0 bridgehead atoms. The van der Waals surface area contributed by atoms with Crippen LogP contribution in [0.3, 0.4) is 0 Å². The molecule has 1 aliphatic heterocycles. The number of rotatable bonds is 6. The van der Waals surface area contributed by atoms with Crippen LogP contribution in [0.1, 0.15) is 35.7 Å². The lowest BCUT2D eigenvalue weighted by Gasteiger charge is -2.33. The molecule has 3 aromatic rings. The van der Waals surface area contributed by atoms with E-state index in [-0.39, 0.29) is 23.8 Å². The van der Waals surface area contributed by atoms with Crippen molar-refractivity contribution in [1.82, 2.24) is 20.2 Å². The molecule has 0 aliphatic carbocycles. The molecule has 6 heteroatoms. The highest BCUT2D eigenvalue weighted by atomic mass is 19.1. The van der Waals surface area contributed by atoms with Crippen LogP contribution in [-0.4, -0.2) is 21.5 Å². The van der Waals surface area contributed by atoms with E-state index >= 15 is 0 Å². The van der Waals surface area contributed by atoms with Gasteiger partial charge in [0.15, 0.2) is 0 Å². The minimum Gasteiger partial charge on any atom is -0.348 e. The summed E-state index contributed by atoms with van der Waals surface area (Å²) in [6.45, 7) is 1.38. The fourth-order valence-corrected chi connectivity index (χ4v) is 3.69. The molecule has 1 amide bonds. The van der Waals surface area contributed by atoms with E-state index in [2.05, 4.69) is 32.3 Å². The van der Waals surface area contributed by atoms with Gasteiger partial charge in [0.2, 0.25) is 5.91 Å². The highest BCUT2D eigenvalue weighted by molar-refractivity contribution is 5.77. The highest BCUT2D eigenvalue weighted by Crippen LogP contribution is 2.25. The van der Waals surface area contributed by atoms with Crippen molar-refractivity contribution < 1.29 is 9.18 Å². The number of piperidine rings is 1. The second kappa shape index (κ2) is 8.35. The lowest BCUT2D eigenvalue weighted by atomic mass is 9.92. The zero-order valence-corrected chi connectivity index (χ0v) is 15.5. The quantitative estimate of drug-likeness (QED) is 0.693. The Balaban J connectivity index is 1.46. The summed E-state index contributed by atoms with van der Waals surface area (Å²) < 4.78 is 15.8. The topological polar surface area (TPSA) is 59.0 Å². The number of nitrogens with zero attached hydrogens (tertiary/aromatic N) is 2. The molecule has 144 valence electrons. The van der Waals surface area contributed by atoms with Crippen LogP contribution in [-0.2, 0) is 17.9 Å². The predicted octanol–water partition coefficient (Wildman–Crippen LogP) is 3.18. The van der Waals surface area contributed by atoms with Crippen molar-refractivity contribution in [2.75, 3.05) is 0 Å². The highest BCUT2D eigenvalue weighted by Gasteiger charge is 2.29. The molecule has 0 unspecified atom stereocenters. The zero-order chi connectivity index (χ0) is 19.3. The number of carbonyl (C=O) groups is 1. The van der Waals surface area contributed by atoms with Crippen molar-refractivity contribution in [3.05, 3.63) is 89.8 Å². The van der Waals surface area contributed by atoms with Gasteiger partial charge in [-0.25, -0.2) is 9.37 Å². The summed E-state index contributed by atoms with van der Waals surface area (Å²) in [7, 11) is 0. The molecule has 5 nitrogen and oxygen atoms in total. The summed E-state index contributed by atoms with van der Waals surface area (Å²) in [5.74, 6) is -0.293. The standard InChI is InChI=1S/C22H23FN4O/c23-18-8-4-7-17(11-18)22-20(9-10-21(28)26-22)25-13-19-12-24-15-27(19)14-16-5-2-1-3-6-16/h1-8,11-12,15,20,22,25H,9-10,13-14H2,(H,26,28)/t20-,22+/m1/s1. The predicted molar refractivity (Wildman–Crippen MR) is 105 cm³/mol. The largest absolute Gasteiger partial charge is 0.348 e. The Kier molecular flexibility index (Phi) is 5.48. The van der Waals surface area contributed by atoms with Crippen molar-refractivity contribution in [2.24, 2.45) is 0 Å². The summed E-state index contributed by atoms with van der Waals surface area (Å²) in [4.78, 5) is 16.2. The maximum Gasteiger partial charge on any atom is 0.220 e. The molecule has 1 aliphatic rings. The van der Waals surface area contributed by atoms with Crippen LogP contribution in [0.4, 0.5) is 4.39 Å². The van der Waals surface area contributed by atoms with Crippen molar-refractivity contribution in [1.29, 1.82) is 0 Å². The van der Waals surface area contributed by atoms with Crippen LogP contribution < -0.4 is 10.6 Å². The van der Waals surface area contributed by atoms with E-state index in [1.54, 1.807) is 6.07 Å².